The van der Waals surface area contributed by atoms with Gasteiger partial charge >= 0.3 is 0 Å². The Balaban J connectivity index is 1.31. The van der Waals surface area contributed by atoms with Gasteiger partial charge in [-0.3, -0.25) is 19.7 Å². The molecule has 2 N–H and O–H groups in total. The molecule has 1 fully saturated rings. The van der Waals surface area contributed by atoms with Crippen molar-refractivity contribution in [1.29, 1.82) is 0 Å². The third kappa shape index (κ3) is 3.25. The van der Waals surface area contributed by atoms with Gasteiger partial charge in [0.15, 0.2) is 0 Å². The highest BCUT2D eigenvalue weighted by Gasteiger charge is 2.30. The number of rotatable bonds is 5. The second kappa shape index (κ2) is 6.75. The van der Waals surface area contributed by atoms with Crippen LogP contribution in [0.4, 0.5) is 0 Å². The first-order valence-electron chi connectivity index (χ1n) is 8.89. The highest BCUT2D eigenvalue weighted by Crippen LogP contribution is 2.34. The van der Waals surface area contributed by atoms with Gasteiger partial charge in [0.25, 0.3) is 5.91 Å². The van der Waals surface area contributed by atoms with E-state index in [0.717, 1.165) is 12.0 Å². The maximum atomic E-state index is 12.3. The Morgan fingerprint density at radius 2 is 1.77 bits per heavy atom. The zero-order chi connectivity index (χ0) is 18.1. The van der Waals surface area contributed by atoms with E-state index in [-0.39, 0.29) is 30.1 Å². The predicted octanol–water partition coefficient (Wildman–Crippen LogP) is 1.96. The normalized spacial score (nSPS) is 20.9. The van der Waals surface area contributed by atoms with Crippen LogP contribution < -0.4 is 10.6 Å². The average Bonchev–Trinajstić information content (AvgIpc) is 2.93. The van der Waals surface area contributed by atoms with Gasteiger partial charge in [0.2, 0.25) is 11.8 Å². The number of amides is 3. The summed E-state index contributed by atoms with van der Waals surface area (Å²) in [7, 11) is 0. The van der Waals surface area contributed by atoms with Crippen molar-refractivity contribution in [3.63, 3.8) is 0 Å². The molecule has 132 valence electrons. The topological polar surface area (TPSA) is 75.3 Å². The summed E-state index contributed by atoms with van der Waals surface area (Å²) in [5, 5.41) is 5.32. The lowest BCUT2D eigenvalue weighted by Crippen LogP contribution is -2.33. The molecule has 0 spiro atoms. The number of nitrogens with one attached hydrogen (secondary N) is 2. The molecule has 0 unspecified atom stereocenters. The number of fused-ring (bicyclic) bond motifs is 1. The number of hydrogen-bond acceptors (Lipinski definition) is 3. The quantitative estimate of drug-likeness (QED) is 0.811. The highest BCUT2D eigenvalue weighted by molar-refractivity contribution is 6.03. The zero-order valence-electron chi connectivity index (χ0n) is 14.3. The van der Waals surface area contributed by atoms with E-state index in [1.165, 1.54) is 11.1 Å². The predicted molar refractivity (Wildman–Crippen MR) is 96.6 cm³/mol. The smallest absolute Gasteiger partial charge is 0.251 e. The monoisotopic (exact) mass is 348 g/mol. The van der Waals surface area contributed by atoms with Crippen LogP contribution in [-0.4, -0.2) is 24.3 Å². The fourth-order valence-corrected chi connectivity index (χ4v) is 3.71. The summed E-state index contributed by atoms with van der Waals surface area (Å²) in [6.07, 6.45) is 1.76. The van der Waals surface area contributed by atoms with Crippen molar-refractivity contribution in [3.8, 4) is 0 Å². The first-order valence-corrected chi connectivity index (χ1v) is 8.89. The van der Waals surface area contributed by atoms with E-state index in [9.17, 15) is 14.4 Å². The lowest BCUT2D eigenvalue weighted by molar-refractivity contribution is -0.125. The van der Waals surface area contributed by atoms with Gasteiger partial charge in [-0.1, -0.05) is 36.4 Å². The fourth-order valence-electron chi connectivity index (χ4n) is 3.71. The average molecular weight is 348 g/mol. The summed E-state index contributed by atoms with van der Waals surface area (Å²) in [6, 6.07) is 15.6. The van der Waals surface area contributed by atoms with Gasteiger partial charge in [0.05, 0.1) is 5.92 Å². The number of benzene rings is 2. The Hall–Kier alpha value is -2.95. The van der Waals surface area contributed by atoms with Crippen molar-refractivity contribution in [1.82, 2.24) is 10.6 Å². The van der Waals surface area contributed by atoms with Crippen LogP contribution in [0.5, 0.6) is 0 Å². The van der Waals surface area contributed by atoms with Crippen LogP contribution in [0.1, 0.15) is 39.4 Å². The standard InChI is InChI=1S/C21H20N2O3/c24-19-11-16(21(26)23-19)9-13-5-7-14(8-6-13)20(25)22-12-17-10-15-3-1-2-4-18(15)17/h1-8,16-17H,9-12H2,(H,22,25)(H,23,24,26)/t16-,17+/m1/s1. The van der Waals surface area contributed by atoms with E-state index in [2.05, 4.69) is 22.8 Å². The molecule has 2 aromatic rings. The summed E-state index contributed by atoms with van der Waals surface area (Å²) in [5.41, 5.74) is 4.25. The van der Waals surface area contributed by atoms with Crippen molar-refractivity contribution in [3.05, 3.63) is 70.8 Å². The molecule has 2 aliphatic rings. The SMILES string of the molecule is O=C1C[C@@H](Cc2ccc(C(=O)NC[C@@H]3Cc4ccccc43)cc2)C(=O)N1. The van der Waals surface area contributed by atoms with Crippen LogP contribution >= 0.6 is 0 Å². The van der Waals surface area contributed by atoms with Gasteiger partial charge in [0.1, 0.15) is 0 Å². The lowest BCUT2D eigenvalue weighted by Gasteiger charge is -2.30. The largest absolute Gasteiger partial charge is 0.351 e. The van der Waals surface area contributed by atoms with E-state index in [1.807, 2.05) is 24.3 Å². The number of carbonyl (C=O) groups is 3. The molecule has 5 heteroatoms. The van der Waals surface area contributed by atoms with Crippen molar-refractivity contribution < 1.29 is 14.4 Å². The second-order valence-corrected chi connectivity index (χ2v) is 7.02. The minimum atomic E-state index is -0.305. The van der Waals surface area contributed by atoms with Crippen LogP contribution in [0.15, 0.2) is 48.5 Å². The van der Waals surface area contributed by atoms with Gasteiger partial charge in [-0.25, -0.2) is 0 Å². The fraction of sp³-hybridized carbons (Fsp3) is 0.286. The minimum absolute atomic E-state index is 0.0882. The van der Waals surface area contributed by atoms with Crippen LogP contribution in [0.2, 0.25) is 0 Å². The van der Waals surface area contributed by atoms with Crippen molar-refractivity contribution in [2.75, 3.05) is 6.54 Å². The molecule has 5 nitrogen and oxygen atoms in total. The molecular formula is C21H20N2O3. The third-order valence-corrected chi connectivity index (χ3v) is 5.23. The summed E-state index contributed by atoms with van der Waals surface area (Å²) in [6.45, 7) is 0.641. The first kappa shape index (κ1) is 16.5. The van der Waals surface area contributed by atoms with Gasteiger partial charge in [-0.05, 0) is 41.7 Å². The van der Waals surface area contributed by atoms with E-state index >= 15 is 0 Å². The molecule has 4 rings (SSSR count). The molecule has 0 aromatic heterocycles. The molecule has 0 bridgehead atoms. The van der Waals surface area contributed by atoms with Gasteiger partial charge < -0.3 is 5.32 Å². The molecule has 3 amide bonds. The molecule has 0 radical (unpaired) electrons. The van der Waals surface area contributed by atoms with E-state index < -0.39 is 0 Å². The number of hydrogen-bond donors (Lipinski definition) is 2. The molecular weight excluding hydrogens is 328 g/mol. The Morgan fingerprint density at radius 3 is 2.46 bits per heavy atom. The third-order valence-electron chi connectivity index (χ3n) is 5.23. The first-order chi connectivity index (χ1) is 12.6. The lowest BCUT2D eigenvalue weighted by atomic mass is 9.77. The van der Waals surface area contributed by atoms with E-state index in [4.69, 9.17) is 0 Å². The van der Waals surface area contributed by atoms with Crippen LogP contribution in [0.25, 0.3) is 0 Å². The summed E-state index contributed by atoms with van der Waals surface area (Å²) >= 11 is 0. The molecule has 0 saturated carbocycles. The van der Waals surface area contributed by atoms with Gasteiger partial charge in [-0.2, -0.15) is 0 Å². The molecule has 1 aliphatic heterocycles. The maximum absolute atomic E-state index is 12.3. The van der Waals surface area contributed by atoms with Crippen molar-refractivity contribution >= 4 is 17.7 Å². The Morgan fingerprint density at radius 1 is 1.00 bits per heavy atom. The maximum Gasteiger partial charge on any atom is 0.251 e. The van der Waals surface area contributed by atoms with E-state index in [1.54, 1.807) is 12.1 Å². The minimum Gasteiger partial charge on any atom is -0.351 e. The Bertz CT molecular complexity index is 873. The van der Waals surface area contributed by atoms with Crippen LogP contribution in [0.3, 0.4) is 0 Å². The van der Waals surface area contributed by atoms with Crippen molar-refractivity contribution in [2.24, 2.45) is 5.92 Å². The summed E-state index contributed by atoms with van der Waals surface area (Å²) in [5.74, 6) is -0.422. The zero-order valence-corrected chi connectivity index (χ0v) is 14.3. The number of imide groups is 1. The molecule has 1 saturated heterocycles. The van der Waals surface area contributed by atoms with E-state index in [0.29, 0.717) is 24.4 Å². The van der Waals surface area contributed by atoms with Gasteiger partial charge in [0, 0.05) is 24.4 Å². The number of carbonyl (C=O) groups excluding carboxylic acids is 3. The summed E-state index contributed by atoms with van der Waals surface area (Å²) < 4.78 is 0. The molecule has 26 heavy (non-hydrogen) atoms. The molecule has 1 aliphatic carbocycles. The van der Waals surface area contributed by atoms with Gasteiger partial charge in [-0.15, -0.1) is 0 Å². The van der Waals surface area contributed by atoms with Crippen molar-refractivity contribution in [2.45, 2.75) is 25.2 Å². The summed E-state index contributed by atoms with van der Waals surface area (Å²) in [4.78, 5) is 35.2. The Kier molecular flexibility index (Phi) is 4.29. The highest BCUT2D eigenvalue weighted by atomic mass is 16.2. The molecule has 1 heterocycles. The Labute approximate surface area is 151 Å². The molecule has 2 atom stereocenters. The van der Waals surface area contributed by atoms with Crippen LogP contribution in [-0.2, 0) is 22.4 Å². The second-order valence-electron chi connectivity index (χ2n) is 7.02. The van der Waals surface area contributed by atoms with Crippen LogP contribution in [0, 0.1) is 5.92 Å². The molecule has 2 aromatic carbocycles.